The van der Waals surface area contributed by atoms with Crippen molar-refractivity contribution in [3.05, 3.63) is 58.9 Å². The van der Waals surface area contributed by atoms with Crippen LogP contribution in [0.1, 0.15) is 10.4 Å². The fourth-order valence-corrected chi connectivity index (χ4v) is 2.61. The standard InChI is InChI=1S/C16H11ClFNO4/c17-11-7-9(18)5-6-10(11)15(20)19-8-14(16(21)22)23-13-4-2-1-3-12(13)19/h1-7,14H,8H2,(H,21,22)/t14-/m0/s1. The summed E-state index contributed by atoms with van der Waals surface area (Å²) in [7, 11) is 0. The lowest BCUT2D eigenvalue weighted by molar-refractivity contribution is -0.144. The number of nitrogens with zero attached hydrogens (tertiary/aromatic N) is 1. The number of para-hydroxylation sites is 2. The van der Waals surface area contributed by atoms with Crippen molar-refractivity contribution in [3.63, 3.8) is 0 Å². The molecule has 118 valence electrons. The van der Waals surface area contributed by atoms with Gasteiger partial charge in [-0.1, -0.05) is 23.7 Å². The number of benzene rings is 2. The number of carboxylic acid groups (broad SMARTS) is 1. The van der Waals surface area contributed by atoms with E-state index in [0.29, 0.717) is 5.69 Å². The smallest absolute Gasteiger partial charge is 0.346 e. The number of halogens is 2. The van der Waals surface area contributed by atoms with E-state index < -0.39 is 23.8 Å². The van der Waals surface area contributed by atoms with Crippen LogP contribution < -0.4 is 9.64 Å². The summed E-state index contributed by atoms with van der Waals surface area (Å²) in [6.45, 7) is -0.168. The monoisotopic (exact) mass is 335 g/mol. The van der Waals surface area contributed by atoms with Crippen LogP contribution in [0.25, 0.3) is 0 Å². The maximum absolute atomic E-state index is 13.2. The summed E-state index contributed by atoms with van der Waals surface area (Å²) < 4.78 is 18.5. The SMILES string of the molecule is O=C(O)[C@@H]1CN(C(=O)c2ccc(F)cc2Cl)c2ccccc2O1. The highest BCUT2D eigenvalue weighted by Crippen LogP contribution is 2.34. The first-order chi connectivity index (χ1) is 11.0. The van der Waals surface area contributed by atoms with Gasteiger partial charge in [0.15, 0.2) is 0 Å². The van der Waals surface area contributed by atoms with E-state index in [1.165, 1.54) is 11.0 Å². The minimum absolute atomic E-state index is 0.0363. The summed E-state index contributed by atoms with van der Waals surface area (Å²) in [5, 5.41) is 9.15. The normalized spacial score (nSPS) is 16.4. The quantitative estimate of drug-likeness (QED) is 0.916. The van der Waals surface area contributed by atoms with Gasteiger partial charge in [-0.05, 0) is 30.3 Å². The Morgan fingerprint density at radius 3 is 2.70 bits per heavy atom. The number of rotatable bonds is 2. The molecule has 0 bridgehead atoms. The van der Waals surface area contributed by atoms with Crippen LogP contribution in [0.4, 0.5) is 10.1 Å². The van der Waals surface area contributed by atoms with E-state index in [0.717, 1.165) is 12.1 Å². The van der Waals surface area contributed by atoms with Crippen molar-refractivity contribution in [3.8, 4) is 5.75 Å². The van der Waals surface area contributed by atoms with Gasteiger partial charge in [0.1, 0.15) is 11.6 Å². The number of carbonyl (C=O) groups is 2. The minimum Gasteiger partial charge on any atom is -0.478 e. The fourth-order valence-electron chi connectivity index (χ4n) is 2.36. The number of carbonyl (C=O) groups excluding carboxylic acids is 1. The van der Waals surface area contributed by atoms with E-state index >= 15 is 0 Å². The summed E-state index contributed by atoms with van der Waals surface area (Å²) in [5.41, 5.74) is 0.532. The van der Waals surface area contributed by atoms with Gasteiger partial charge in [-0.15, -0.1) is 0 Å². The number of aliphatic carboxylic acids is 1. The number of hydrogen-bond acceptors (Lipinski definition) is 3. The van der Waals surface area contributed by atoms with Crippen molar-refractivity contribution < 1.29 is 23.8 Å². The van der Waals surface area contributed by atoms with Crippen LogP contribution in [-0.2, 0) is 4.79 Å². The van der Waals surface area contributed by atoms with Crippen LogP contribution in [0, 0.1) is 5.82 Å². The lowest BCUT2D eigenvalue weighted by Gasteiger charge is -2.33. The molecule has 7 heteroatoms. The highest BCUT2D eigenvalue weighted by molar-refractivity contribution is 6.34. The van der Waals surface area contributed by atoms with Crippen molar-refractivity contribution in [1.29, 1.82) is 0 Å². The number of anilines is 1. The first-order valence-corrected chi connectivity index (χ1v) is 7.10. The van der Waals surface area contributed by atoms with Gasteiger partial charge < -0.3 is 14.7 Å². The lowest BCUT2D eigenvalue weighted by Crippen LogP contribution is -2.47. The van der Waals surface area contributed by atoms with E-state index in [4.69, 9.17) is 16.3 Å². The Kier molecular flexibility index (Phi) is 3.92. The second-order valence-corrected chi connectivity index (χ2v) is 5.36. The molecule has 1 heterocycles. The molecule has 1 aliphatic rings. The second-order valence-electron chi connectivity index (χ2n) is 4.95. The van der Waals surface area contributed by atoms with Crippen LogP contribution in [0.3, 0.4) is 0 Å². The van der Waals surface area contributed by atoms with Crippen molar-refractivity contribution >= 4 is 29.2 Å². The maximum Gasteiger partial charge on any atom is 0.346 e. The Balaban J connectivity index is 2.03. The summed E-state index contributed by atoms with van der Waals surface area (Å²) in [5.74, 6) is -1.96. The van der Waals surface area contributed by atoms with Gasteiger partial charge in [0.05, 0.1) is 22.8 Å². The Hall–Kier alpha value is -2.60. The first kappa shape index (κ1) is 15.3. The van der Waals surface area contributed by atoms with Crippen LogP contribution in [0.2, 0.25) is 5.02 Å². The van der Waals surface area contributed by atoms with Crippen molar-refractivity contribution in [2.75, 3.05) is 11.4 Å². The molecular formula is C16H11ClFNO4. The molecule has 0 saturated heterocycles. The molecular weight excluding hydrogens is 325 g/mol. The van der Waals surface area contributed by atoms with Gasteiger partial charge in [-0.25, -0.2) is 9.18 Å². The van der Waals surface area contributed by atoms with E-state index in [-0.39, 0.29) is 22.9 Å². The molecule has 0 aromatic heterocycles. The maximum atomic E-state index is 13.2. The molecule has 3 rings (SSSR count). The van der Waals surface area contributed by atoms with Gasteiger partial charge in [0.25, 0.3) is 5.91 Å². The minimum atomic E-state index is -1.19. The second kappa shape index (κ2) is 5.89. The highest BCUT2D eigenvalue weighted by atomic mass is 35.5. The van der Waals surface area contributed by atoms with Crippen molar-refractivity contribution in [2.24, 2.45) is 0 Å². The van der Waals surface area contributed by atoms with Crippen molar-refractivity contribution in [1.82, 2.24) is 0 Å². The van der Waals surface area contributed by atoms with Gasteiger partial charge in [0.2, 0.25) is 6.10 Å². The molecule has 0 unspecified atom stereocenters. The Morgan fingerprint density at radius 1 is 1.26 bits per heavy atom. The lowest BCUT2D eigenvalue weighted by atomic mass is 10.1. The van der Waals surface area contributed by atoms with E-state index in [1.807, 2.05) is 0 Å². The van der Waals surface area contributed by atoms with Gasteiger partial charge >= 0.3 is 5.97 Å². The number of amides is 1. The summed E-state index contributed by atoms with van der Waals surface area (Å²) >= 11 is 5.93. The van der Waals surface area contributed by atoms with Gasteiger partial charge in [-0.2, -0.15) is 0 Å². The summed E-state index contributed by atoms with van der Waals surface area (Å²) in [4.78, 5) is 25.2. The molecule has 0 saturated carbocycles. The summed E-state index contributed by atoms with van der Waals surface area (Å²) in [6, 6.07) is 10.0. The molecule has 0 aliphatic carbocycles. The third-order valence-electron chi connectivity index (χ3n) is 3.46. The van der Waals surface area contributed by atoms with Crippen LogP contribution in [0.5, 0.6) is 5.75 Å². The number of ether oxygens (including phenoxy) is 1. The molecule has 1 N–H and O–H groups in total. The van der Waals surface area contributed by atoms with Crippen molar-refractivity contribution in [2.45, 2.75) is 6.10 Å². The molecule has 0 fully saturated rings. The van der Waals surface area contributed by atoms with Crippen LogP contribution >= 0.6 is 11.6 Å². The van der Waals surface area contributed by atoms with Crippen LogP contribution in [0.15, 0.2) is 42.5 Å². The largest absolute Gasteiger partial charge is 0.478 e. The molecule has 2 aromatic rings. The van der Waals surface area contributed by atoms with E-state index in [9.17, 15) is 19.1 Å². The van der Waals surface area contributed by atoms with E-state index in [2.05, 4.69) is 0 Å². The Bertz CT molecular complexity index is 795. The molecule has 1 atom stereocenters. The fraction of sp³-hybridized carbons (Fsp3) is 0.125. The summed E-state index contributed by atoms with van der Waals surface area (Å²) in [6.07, 6.45) is -1.19. The van der Waals surface area contributed by atoms with E-state index in [1.54, 1.807) is 24.3 Å². The molecule has 23 heavy (non-hydrogen) atoms. The predicted molar refractivity (Wildman–Crippen MR) is 81.6 cm³/mol. The third kappa shape index (κ3) is 2.85. The highest BCUT2D eigenvalue weighted by Gasteiger charge is 2.34. The molecule has 0 spiro atoms. The van der Waals surface area contributed by atoms with Gasteiger partial charge in [0, 0.05) is 0 Å². The molecule has 1 amide bonds. The topological polar surface area (TPSA) is 66.8 Å². The first-order valence-electron chi connectivity index (χ1n) is 6.73. The number of fused-ring (bicyclic) bond motifs is 1. The Labute approximate surface area is 135 Å². The average Bonchev–Trinajstić information content (AvgIpc) is 2.53. The zero-order valence-electron chi connectivity index (χ0n) is 11.7. The van der Waals surface area contributed by atoms with Gasteiger partial charge in [-0.3, -0.25) is 4.79 Å². The molecule has 0 radical (unpaired) electrons. The van der Waals surface area contributed by atoms with Crippen LogP contribution in [-0.4, -0.2) is 29.6 Å². The Morgan fingerprint density at radius 2 is 2.00 bits per heavy atom. The molecule has 5 nitrogen and oxygen atoms in total. The predicted octanol–water partition coefficient (Wildman–Crippen LogP) is 2.97. The zero-order chi connectivity index (χ0) is 16.6. The number of hydrogen-bond donors (Lipinski definition) is 1. The molecule has 1 aliphatic heterocycles. The molecule has 2 aromatic carbocycles. The third-order valence-corrected chi connectivity index (χ3v) is 3.77. The average molecular weight is 336 g/mol. The zero-order valence-corrected chi connectivity index (χ0v) is 12.5. The number of carboxylic acids is 1.